The van der Waals surface area contributed by atoms with Gasteiger partial charge in [-0.25, -0.2) is 4.98 Å². The SMILES string of the molecule is COCCN(Cc1cc2ccc(OC)cc2nc1N(C)C)C(=O)C=Cc1ccccc1Cl. The van der Waals surface area contributed by atoms with Gasteiger partial charge < -0.3 is 19.3 Å². The smallest absolute Gasteiger partial charge is 0.246 e. The summed E-state index contributed by atoms with van der Waals surface area (Å²) in [6.45, 7) is 1.29. The number of rotatable bonds is 9. The largest absolute Gasteiger partial charge is 0.497 e. The molecule has 0 bridgehead atoms. The molecule has 32 heavy (non-hydrogen) atoms. The van der Waals surface area contributed by atoms with Crippen LogP contribution in [-0.4, -0.2) is 57.3 Å². The normalized spacial score (nSPS) is 11.2. The number of carbonyl (C=O) groups excluding carboxylic acids is 1. The van der Waals surface area contributed by atoms with E-state index in [1.54, 1.807) is 37.3 Å². The lowest BCUT2D eigenvalue weighted by atomic mass is 10.1. The molecule has 2 aromatic carbocycles. The number of benzene rings is 2. The van der Waals surface area contributed by atoms with Crippen molar-refractivity contribution in [3.05, 3.63) is 70.8 Å². The molecule has 0 spiro atoms. The van der Waals surface area contributed by atoms with Gasteiger partial charge in [-0.1, -0.05) is 29.8 Å². The summed E-state index contributed by atoms with van der Waals surface area (Å²) in [4.78, 5) is 21.6. The van der Waals surface area contributed by atoms with Gasteiger partial charge in [0.25, 0.3) is 0 Å². The van der Waals surface area contributed by atoms with Crippen molar-refractivity contribution in [3.63, 3.8) is 0 Å². The van der Waals surface area contributed by atoms with E-state index in [0.29, 0.717) is 24.7 Å². The highest BCUT2D eigenvalue weighted by Gasteiger charge is 2.17. The molecule has 0 fully saturated rings. The average Bonchev–Trinajstić information content (AvgIpc) is 2.80. The van der Waals surface area contributed by atoms with E-state index < -0.39 is 0 Å². The van der Waals surface area contributed by atoms with Crippen LogP contribution in [0.2, 0.25) is 5.02 Å². The van der Waals surface area contributed by atoms with Crippen LogP contribution < -0.4 is 9.64 Å². The lowest BCUT2D eigenvalue weighted by Crippen LogP contribution is -2.32. The number of hydrogen-bond donors (Lipinski definition) is 0. The molecule has 1 amide bonds. The molecule has 168 valence electrons. The number of hydrogen-bond acceptors (Lipinski definition) is 5. The minimum Gasteiger partial charge on any atom is -0.497 e. The van der Waals surface area contributed by atoms with Crippen LogP contribution in [-0.2, 0) is 16.1 Å². The Morgan fingerprint density at radius 3 is 2.59 bits per heavy atom. The van der Waals surface area contributed by atoms with Crippen molar-refractivity contribution in [1.29, 1.82) is 0 Å². The number of amides is 1. The van der Waals surface area contributed by atoms with Crippen molar-refractivity contribution in [2.45, 2.75) is 6.54 Å². The molecule has 0 saturated carbocycles. The topological polar surface area (TPSA) is 54.9 Å². The molecule has 0 aliphatic carbocycles. The Balaban J connectivity index is 1.92. The average molecular weight is 454 g/mol. The summed E-state index contributed by atoms with van der Waals surface area (Å²) in [6.07, 6.45) is 3.29. The van der Waals surface area contributed by atoms with Crippen LogP contribution in [0.1, 0.15) is 11.1 Å². The molecular weight excluding hydrogens is 426 g/mol. The summed E-state index contributed by atoms with van der Waals surface area (Å²) in [7, 11) is 7.14. The van der Waals surface area contributed by atoms with Gasteiger partial charge in [-0.15, -0.1) is 0 Å². The zero-order chi connectivity index (χ0) is 23.1. The first-order valence-corrected chi connectivity index (χ1v) is 10.7. The third-order valence-corrected chi connectivity index (χ3v) is 5.40. The number of nitrogens with zero attached hydrogens (tertiary/aromatic N) is 3. The van der Waals surface area contributed by atoms with E-state index in [4.69, 9.17) is 26.1 Å². The third-order valence-electron chi connectivity index (χ3n) is 5.05. The number of fused-ring (bicyclic) bond motifs is 1. The summed E-state index contributed by atoms with van der Waals surface area (Å²) in [5.74, 6) is 1.43. The van der Waals surface area contributed by atoms with Crippen molar-refractivity contribution in [3.8, 4) is 5.75 Å². The predicted molar refractivity (Wildman–Crippen MR) is 130 cm³/mol. The fourth-order valence-corrected chi connectivity index (χ4v) is 3.56. The predicted octanol–water partition coefficient (Wildman–Crippen LogP) is 4.65. The van der Waals surface area contributed by atoms with Crippen molar-refractivity contribution < 1.29 is 14.3 Å². The van der Waals surface area contributed by atoms with Crippen molar-refractivity contribution in [2.24, 2.45) is 0 Å². The number of aromatic nitrogens is 1. The number of ether oxygens (including phenoxy) is 2. The number of anilines is 1. The van der Waals surface area contributed by atoms with E-state index in [2.05, 4.69) is 6.07 Å². The Bertz CT molecular complexity index is 1110. The van der Waals surface area contributed by atoms with Crippen LogP contribution in [0.5, 0.6) is 5.75 Å². The molecule has 0 unspecified atom stereocenters. The minimum atomic E-state index is -0.124. The summed E-state index contributed by atoms with van der Waals surface area (Å²) >= 11 is 6.21. The van der Waals surface area contributed by atoms with Gasteiger partial charge in [0, 0.05) is 62.4 Å². The first kappa shape index (κ1) is 23.6. The van der Waals surface area contributed by atoms with Crippen LogP contribution in [0.25, 0.3) is 17.0 Å². The molecule has 0 radical (unpaired) electrons. The number of pyridine rings is 1. The Morgan fingerprint density at radius 1 is 1.12 bits per heavy atom. The van der Waals surface area contributed by atoms with Crippen LogP contribution >= 0.6 is 11.6 Å². The van der Waals surface area contributed by atoms with E-state index in [1.165, 1.54) is 0 Å². The maximum Gasteiger partial charge on any atom is 0.246 e. The first-order valence-electron chi connectivity index (χ1n) is 10.3. The lowest BCUT2D eigenvalue weighted by molar-refractivity contribution is -0.127. The summed E-state index contributed by atoms with van der Waals surface area (Å²) in [5, 5.41) is 1.58. The van der Waals surface area contributed by atoms with Crippen molar-refractivity contribution >= 4 is 40.3 Å². The molecule has 0 saturated heterocycles. The molecule has 0 atom stereocenters. The van der Waals surface area contributed by atoms with E-state index >= 15 is 0 Å². The monoisotopic (exact) mass is 453 g/mol. The quantitative estimate of drug-likeness (QED) is 0.441. The van der Waals surface area contributed by atoms with E-state index in [-0.39, 0.29) is 5.91 Å². The molecule has 3 rings (SSSR count). The molecule has 0 aliphatic heterocycles. The van der Waals surface area contributed by atoms with Gasteiger partial charge in [-0.2, -0.15) is 0 Å². The maximum absolute atomic E-state index is 13.1. The van der Waals surface area contributed by atoms with Crippen LogP contribution in [0.3, 0.4) is 0 Å². The molecule has 3 aromatic rings. The number of carbonyl (C=O) groups is 1. The Labute approximate surface area is 194 Å². The summed E-state index contributed by atoms with van der Waals surface area (Å²) in [6, 6.07) is 15.3. The van der Waals surface area contributed by atoms with Gasteiger partial charge in [0.1, 0.15) is 11.6 Å². The van der Waals surface area contributed by atoms with E-state index in [9.17, 15) is 4.79 Å². The third kappa shape index (κ3) is 5.78. The highest BCUT2D eigenvalue weighted by atomic mass is 35.5. The standard InChI is InChI=1S/C25H28ClN3O3/c1-28(2)25-20(15-19-9-11-21(32-4)16-23(19)27-25)17-29(13-14-31-3)24(30)12-10-18-7-5-6-8-22(18)26/h5-12,15-16H,13-14,17H2,1-4H3. The Kier molecular flexibility index (Phi) is 8.09. The Morgan fingerprint density at radius 2 is 1.91 bits per heavy atom. The van der Waals surface area contributed by atoms with Crippen molar-refractivity contribution in [2.75, 3.05) is 46.4 Å². The first-order chi connectivity index (χ1) is 15.4. The highest BCUT2D eigenvalue weighted by Crippen LogP contribution is 2.27. The second-order valence-corrected chi connectivity index (χ2v) is 7.94. The second kappa shape index (κ2) is 11.0. The van der Waals surface area contributed by atoms with Gasteiger partial charge in [-0.05, 0) is 35.9 Å². The number of halogens is 1. The zero-order valence-electron chi connectivity index (χ0n) is 18.8. The van der Waals surface area contributed by atoms with Gasteiger partial charge in [0.05, 0.1) is 19.2 Å². The van der Waals surface area contributed by atoms with E-state index in [0.717, 1.165) is 33.6 Å². The van der Waals surface area contributed by atoms with Gasteiger partial charge in [0.2, 0.25) is 5.91 Å². The van der Waals surface area contributed by atoms with E-state index in [1.807, 2.05) is 55.4 Å². The fourth-order valence-electron chi connectivity index (χ4n) is 3.36. The maximum atomic E-state index is 13.1. The molecule has 6 nitrogen and oxygen atoms in total. The van der Waals surface area contributed by atoms with Crippen molar-refractivity contribution in [1.82, 2.24) is 9.88 Å². The molecular formula is C25H28ClN3O3. The second-order valence-electron chi connectivity index (χ2n) is 7.53. The summed E-state index contributed by atoms with van der Waals surface area (Å²) in [5.41, 5.74) is 2.58. The molecule has 1 heterocycles. The zero-order valence-corrected chi connectivity index (χ0v) is 19.6. The number of methoxy groups -OCH3 is 2. The minimum absolute atomic E-state index is 0.124. The molecule has 7 heteroatoms. The molecule has 0 N–H and O–H groups in total. The molecule has 1 aromatic heterocycles. The Hall–Kier alpha value is -3.09. The van der Waals surface area contributed by atoms with Gasteiger partial charge >= 0.3 is 0 Å². The van der Waals surface area contributed by atoms with Crippen LogP contribution in [0.4, 0.5) is 5.82 Å². The lowest BCUT2D eigenvalue weighted by Gasteiger charge is -2.24. The van der Waals surface area contributed by atoms with Gasteiger partial charge in [0.15, 0.2) is 0 Å². The highest BCUT2D eigenvalue weighted by molar-refractivity contribution is 6.32. The van der Waals surface area contributed by atoms with Crippen LogP contribution in [0.15, 0.2) is 54.6 Å². The van der Waals surface area contributed by atoms with Crippen LogP contribution in [0, 0.1) is 0 Å². The molecule has 0 aliphatic rings. The summed E-state index contributed by atoms with van der Waals surface area (Å²) < 4.78 is 10.6. The fraction of sp³-hybridized carbons (Fsp3) is 0.280. The van der Waals surface area contributed by atoms with Gasteiger partial charge in [-0.3, -0.25) is 4.79 Å².